The van der Waals surface area contributed by atoms with E-state index in [1.807, 2.05) is 0 Å². The molecule has 1 heterocycles. The summed E-state index contributed by atoms with van der Waals surface area (Å²) in [6.07, 6.45) is 6.96. The first-order chi connectivity index (χ1) is 14.2. The van der Waals surface area contributed by atoms with Crippen LogP contribution in [0.4, 0.5) is 5.69 Å². The fourth-order valence-electron chi connectivity index (χ4n) is 4.81. The molecule has 1 aliphatic heterocycles. The van der Waals surface area contributed by atoms with Gasteiger partial charge in [-0.15, -0.1) is 0 Å². The molecule has 148 valence electrons. The standard InChI is InChI=1S/C27H29NO/c1-18(2)14-15-29-22-12-13-26-25(17-22)23-8-5-9-24(23)27(28-26)21-11-10-19-6-3-4-7-20(19)16-21/h3-8,10-13,16-18,23-24,27-28H,9,14-15H2,1-2H3. The van der Waals surface area contributed by atoms with Crippen molar-refractivity contribution in [1.29, 1.82) is 0 Å². The number of fused-ring (bicyclic) bond motifs is 4. The molecule has 0 fully saturated rings. The Morgan fingerprint density at radius 1 is 1.00 bits per heavy atom. The fourth-order valence-corrected chi connectivity index (χ4v) is 4.81. The molecule has 3 unspecified atom stereocenters. The Balaban J connectivity index is 1.45. The van der Waals surface area contributed by atoms with Crippen molar-refractivity contribution in [3.8, 4) is 5.75 Å². The Hall–Kier alpha value is -2.74. The highest BCUT2D eigenvalue weighted by Gasteiger charge is 2.38. The molecule has 5 rings (SSSR count). The van der Waals surface area contributed by atoms with Gasteiger partial charge in [-0.25, -0.2) is 0 Å². The minimum Gasteiger partial charge on any atom is -0.494 e. The Morgan fingerprint density at radius 2 is 1.86 bits per heavy atom. The van der Waals surface area contributed by atoms with E-state index in [2.05, 4.69) is 92.0 Å². The van der Waals surface area contributed by atoms with Gasteiger partial charge in [-0.05, 0) is 70.8 Å². The maximum Gasteiger partial charge on any atom is 0.119 e. The van der Waals surface area contributed by atoms with Gasteiger partial charge in [0.05, 0.1) is 12.6 Å². The highest BCUT2D eigenvalue weighted by molar-refractivity contribution is 5.83. The van der Waals surface area contributed by atoms with Gasteiger partial charge in [0.25, 0.3) is 0 Å². The van der Waals surface area contributed by atoms with Crippen molar-refractivity contribution < 1.29 is 4.74 Å². The summed E-state index contributed by atoms with van der Waals surface area (Å²) in [5, 5.41) is 6.47. The van der Waals surface area contributed by atoms with E-state index in [9.17, 15) is 0 Å². The first kappa shape index (κ1) is 18.3. The molecule has 0 aromatic heterocycles. The molecule has 2 nitrogen and oxygen atoms in total. The van der Waals surface area contributed by atoms with Crippen LogP contribution in [0.2, 0.25) is 0 Å². The van der Waals surface area contributed by atoms with Crippen LogP contribution in [0.1, 0.15) is 49.8 Å². The topological polar surface area (TPSA) is 21.3 Å². The van der Waals surface area contributed by atoms with Gasteiger partial charge in [0.15, 0.2) is 0 Å². The summed E-state index contributed by atoms with van der Waals surface area (Å²) < 4.78 is 6.04. The van der Waals surface area contributed by atoms with Gasteiger partial charge in [-0.1, -0.05) is 62.4 Å². The van der Waals surface area contributed by atoms with Crippen molar-refractivity contribution in [3.05, 3.63) is 83.9 Å². The van der Waals surface area contributed by atoms with Crippen LogP contribution in [0, 0.1) is 11.8 Å². The first-order valence-electron chi connectivity index (χ1n) is 10.9. The number of rotatable bonds is 5. The number of anilines is 1. The second-order valence-corrected chi connectivity index (χ2v) is 8.86. The van der Waals surface area contributed by atoms with Crippen LogP contribution < -0.4 is 10.1 Å². The van der Waals surface area contributed by atoms with Crippen LogP contribution in [0.5, 0.6) is 5.75 Å². The molecule has 3 aromatic carbocycles. The Morgan fingerprint density at radius 3 is 2.72 bits per heavy atom. The summed E-state index contributed by atoms with van der Waals surface area (Å²) in [6.45, 7) is 5.26. The molecule has 29 heavy (non-hydrogen) atoms. The van der Waals surface area contributed by atoms with Crippen LogP contribution in [-0.4, -0.2) is 6.61 Å². The quantitative estimate of drug-likeness (QED) is 0.475. The van der Waals surface area contributed by atoms with Gasteiger partial charge in [0.2, 0.25) is 0 Å². The third-order valence-electron chi connectivity index (χ3n) is 6.43. The summed E-state index contributed by atoms with van der Waals surface area (Å²) in [6, 6.07) is 22.4. The summed E-state index contributed by atoms with van der Waals surface area (Å²) >= 11 is 0. The molecule has 0 amide bonds. The molecule has 0 saturated heterocycles. The van der Waals surface area contributed by atoms with Crippen molar-refractivity contribution in [2.75, 3.05) is 11.9 Å². The highest BCUT2D eigenvalue weighted by atomic mass is 16.5. The zero-order valence-corrected chi connectivity index (χ0v) is 17.3. The third-order valence-corrected chi connectivity index (χ3v) is 6.43. The van der Waals surface area contributed by atoms with Gasteiger partial charge < -0.3 is 10.1 Å². The molecule has 2 aliphatic rings. The van der Waals surface area contributed by atoms with E-state index in [0.29, 0.717) is 23.8 Å². The predicted octanol–water partition coefficient (Wildman–Crippen LogP) is 7.09. The normalized spacial score (nSPS) is 22.4. The minimum atomic E-state index is 0.333. The molecule has 2 heteroatoms. The largest absolute Gasteiger partial charge is 0.494 e. The average Bonchev–Trinajstić information content (AvgIpc) is 3.23. The van der Waals surface area contributed by atoms with E-state index in [0.717, 1.165) is 25.2 Å². The number of hydrogen-bond donors (Lipinski definition) is 1. The molecule has 3 aromatic rings. The summed E-state index contributed by atoms with van der Waals surface area (Å²) in [5.41, 5.74) is 4.00. The molecule has 3 atom stereocenters. The Labute approximate surface area is 173 Å². The third kappa shape index (κ3) is 3.53. The van der Waals surface area contributed by atoms with E-state index in [1.54, 1.807) is 0 Å². The molecular weight excluding hydrogens is 354 g/mol. The van der Waals surface area contributed by atoms with E-state index in [1.165, 1.54) is 27.6 Å². The molecule has 0 radical (unpaired) electrons. The maximum absolute atomic E-state index is 6.04. The molecule has 0 saturated carbocycles. The lowest BCUT2D eigenvalue weighted by Gasteiger charge is -2.37. The van der Waals surface area contributed by atoms with Gasteiger partial charge in [0, 0.05) is 11.6 Å². The molecule has 0 bridgehead atoms. The van der Waals surface area contributed by atoms with Crippen LogP contribution in [0.3, 0.4) is 0 Å². The van der Waals surface area contributed by atoms with Gasteiger partial charge in [-0.2, -0.15) is 0 Å². The van der Waals surface area contributed by atoms with E-state index in [-0.39, 0.29) is 0 Å². The predicted molar refractivity (Wildman–Crippen MR) is 122 cm³/mol. The van der Waals surface area contributed by atoms with Gasteiger partial charge in [0.1, 0.15) is 5.75 Å². The smallest absolute Gasteiger partial charge is 0.119 e. The molecule has 1 N–H and O–H groups in total. The van der Waals surface area contributed by atoms with E-state index < -0.39 is 0 Å². The molecule has 1 aliphatic carbocycles. The number of ether oxygens (including phenoxy) is 1. The zero-order chi connectivity index (χ0) is 19.8. The van der Waals surface area contributed by atoms with Crippen molar-refractivity contribution in [3.63, 3.8) is 0 Å². The Bertz CT molecular complexity index is 1050. The monoisotopic (exact) mass is 383 g/mol. The molecular formula is C27H29NO. The number of allylic oxidation sites excluding steroid dienone is 2. The second-order valence-electron chi connectivity index (χ2n) is 8.86. The first-order valence-corrected chi connectivity index (χ1v) is 10.9. The summed E-state index contributed by atoms with van der Waals surface area (Å²) in [5.74, 6) is 2.67. The van der Waals surface area contributed by atoms with Crippen LogP contribution in [0.15, 0.2) is 72.8 Å². The lowest BCUT2D eigenvalue weighted by molar-refractivity contribution is 0.289. The lowest BCUT2D eigenvalue weighted by Crippen LogP contribution is -2.29. The van der Waals surface area contributed by atoms with E-state index in [4.69, 9.17) is 4.74 Å². The summed E-state index contributed by atoms with van der Waals surface area (Å²) in [7, 11) is 0. The average molecular weight is 384 g/mol. The van der Waals surface area contributed by atoms with Crippen molar-refractivity contribution >= 4 is 16.5 Å². The SMILES string of the molecule is CC(C)CCOc1ccc2c(c1)C1C=CCC1C(c1ccc3ccccc3c1)N2. The molecule has 0 spiro atoms. The van der Waals surface area contributed by atoms with Crippen molar-refractivity contribution in [2.24, 2.45) is 11.8 Å². The number of nitrogens with one attached hydrogen (secondary N) is 1. The highest BCUT2D eigenvalue weighted by Crippen LogP contribution is 2.50. The van der Waals surface area contributed by atoms with Crippen LogP contribution in [0.25, 0.3) is 10.8 Å². The zero-order valence-electron chi connectivity index (χ0n) is 17.3. The fraction of sp³-hybridized carbons (Fsp3) is 0.333. The maximum atomic E-state index is 6.04. The van der Waals surface area contributed by atoms with Crippen LogP contribution in [-0.2, 0) is 0 Å². The lowest BCUT2D eigenvalue weighted by atomic mass is 9.77. The minimum absolute atomic E-state index is 0.333. The second kappa shape index (κ2) is 7.59. The van der Waals surface area contributed by atoms with E-state index >= 15 is 0 Å². The van der Waals surface area contributed by atoms with Crippen molar-refractivity contribution in [2.45, 2.75) is 38.6 Å². The summed E-state index contributed by atoms with van der Waals surface area (Å²) in [4.78, 5) is 0. The Kier molecular flexibility index (Phi) is 4.79. The van der Waals surface area contributed by atoms with Crippen molar-refractivity contribution in [1.82, 2.24) is 0 Å². The van der Waals surface area contributed by atoms with Gasteiger partial charge >= 0.3 is 0 Å². The number of hydrogen-bond acceptors (Lipinski definition) is 2. The van der Waals surface area contributed by atoms with Crippen LogP contribution >= 0.6 is 0 Å². The number of benzene rings is 3. The van der Waals surface area contributed by atoms with Gasteiger partial charge in [-0.3, -0.25) is 0 Å².